The second-order valence-corrected chi connectivity index (χ2v) is 4.12. The van der Waals surface area contributed by atoms with Crippen molar-refractivity contribution in [3.63, 3.8) is 0 Å². The number of halogens is 2. The molecule has 0 aliphatic rings. The fourth-order valence-electron chi connectivity index (χ4n) is 1.12. The van der Waals surface area contributed by atoms with E-state index in [1.54, 1.807) is 12.1 Å². The summed E-state index contributed by atoms with van der Waals surface area (Å²) in [5.74, 6) is -0.288. The summed E-state index contributed by atoms with van der Waals surface area (Å²) in [7, 11) is 0. The Kier molecular flexibility index (Phi) is 5.17. The predicted molar refractivity (Wildman–Crippen MR) is 58.9 cm³/mol. The molecule has 0 bridgehead atoms. The molecule has 84 valence electrons. The van der Waals surface area contributed by atoms with Gasteiger partial charge in [-0.3, -0.25) is 0 Å². The van der Waals surface area contributed by atoms with Crippen LogP contribution >= 0.6 is 15.9 Å². The normalized spacial score (nSPS) is 12.8. The van der Waals surface area contributed by atoms with E-state index in [9.17, 15) is 4.39 Å². The molecule has 0 spiro atoms. The minimum atomic E-state index is -0.805. The molecule has 1 rings (SSSR count). The van der Waals surface area contributed by atoms with Gasteiger partial charge in [-0.1, -0.05) is 15.9 Å². The van der Waals surface area contributed by atoms with E-state index in [1.165, 1.54) is 6.07 Å². The first kappa shape index (κ1) is 12.6. The molecule has 0 aliphatic carbocycles. The zero-order chi connectivity index (χ0) is 11.3. The topological polar surface area (TPSA) is 52.5 Å². The lowest BCUT2D eigenvalue weighted by Crippen LogP contribution is -2.29. The molecule has 1 aromatic carbocycles. The molecule has 1 aromatic rings. The van der Waals surface area contributed by atoms with Gasteiger partial charge in [-0.15, -0.1) is 0 Å². The van der Waals surface area contributed by atoms with E-state index in [1.807, 2.05) is 0 Å². The molecule has 15 heavy (non-hydrogen) atoms. The third kappa shape index (κ3) is 4.25. The molecule has 1 atom stereocenters. The van der Waals surface area contributed by atoms with Crippen molar-refractivity contribution in [2.45, 2.75) is 12.6 Å². The maximum atomic E-state index is 13.2. The van der Waals surface area contributed by atoms with Crippen LogP contribution in [0.4, 0.5) is 4.39 Å². The summed E-state index contributed by atoms with van der Waals surface area (Å²) in [5, 5.41) is 20.5. The first-order valence-corrected chi connectivity index (χ1v) is 5.36. The number of nitrogens with one attached hydrogen (secondary N) is 1. The summed E-state index contributed by atoms with van der Waals surface area (Å²) >= 11 is 3.25. The summed E-state index contributed by atoms with van der Waals surface area (Å²) in [4.78, 5) is 0. The highest BCUT2D eigenvalue weighted by Gasteiger charge is 2.04. The van der Waals surface area contributed by atoms with Crippen molar-refractivity contribution >= 4 is 15.9 Å². The summed E-state index contributed by atoms with van der Waals surface area (Å²) in [6, 6.07) is 4.68. The molecule has 0 aliphatic heterocycles. The highest BCUT2D eigenvalue weighted by molar-refractivity contribution is 9.10. The second kappa shape index (κ2) is 6.17. The van der Waals surface area contributed by atoms with E-state index in [0.717, 1.165) is 4.47 Å². The minimum Gasteiger partial charge on any atom is -0.394 e. The van der Waals surface area contributed by atoms with E-state index in [4.69, 9.17) is 10.2 Å². The van der Waals surface area contributed by atoms with Gasteiger partial charge in [0.2, 0.25) is 0 Å². The Hall–Kier alpha value is -0.490. The van der Waals surface area contributed by atoms with Crippen molar-refractivity contribution in [2.24, 2.45) is 0 Å². The number of benzene rings is 1. The van der Waals surface area contributed by atoms with Crippen LogP contribution in [0.25, 0.3) is 0 Å². The summed E-state index contributed by atoms with van der Waals surface area (Å²) < 4.78 is 14.0. The average Bonchev–Trinajstić information content (AvgIpc) is 2.23. The lowest BCUT2D eigenvalue weighted by molar-refractivity contribution is 0.0941. The first-order chi connectivity index (χ1) is 7.13. The molecule has 0 fully saturated rings. The maximum Gasteiger partial charge on any atom is 0.127 e. The molecule has 0 aromatic heterocycles. The third-order valence-corrected chi connectivity index (χ3v) is 2.41. The van der Waals surface area contributed by atoms with Crippen molar-refractivity contribution in [1.29, 1.82) is 0 Å². The van der Waals surface area contributed by atoms with Crippen molar-refractivity contribution in [3.05, 3.63) is 34.1 Å². The fourth-order valence-corrected chi connectivity index (χ4v) is 1.53. The van der Waals surface area contributed by atoms with Gasteiger partial charge in [0.15, 0.2) is 0 Å². The van der Waals surface area contributed by atoms with E-state index in [-0.39, 0.29) is 19.0 Å². The zero-order valence-corrected chi connectivity index (χ0v) is 9.67. The van der Waals surface area contributed by atoms with Gasteiger partial charge in [0.1, 0.15) is 5.82 Å². The summed E-state index contributed by atoms with van der Waals surface area (Å²) in [6.07, 6.45) is -0.805. The van der Waals surface area contributed by atoms with Crippen LogP contribution in [0.5, 0.6) is 0 Å². The number of aliphatic hydroxyl groups excluding tert-OH is 2. The van der Waals surface area contributed by atoms with Gasteiger partial charge in [-0.25, -0.2) is 4.39 Å². The lowest BCUT2D eigenvalue weighted by Gasteiger charge is -2.09. The van der Waals surface area contributed by atoms with Crippen molar-refractivity contribution in [1.82, 2.24) is 5.32 Å². The van der Waals surface area contributed by atoms with Gasteiger partial charge in [0, 0.05) is 23.1 Å². The average molecular weight is 278 g/mol. The van der Waals surface area contributed by atoms with Crippen LogP contribution in [-0.4, -0.2) is 29.5 Å². The monoisotopic (exact) mass is 277 g/mol. The zero-order valence-electron chi connectivity index (χ0n) is 8.08. The highest BCUT2D eigenvalue weighted by atomic mass is 79.9. The van der Waals surface area contributed by atoms with Crippen LogP contribution in [0.15, 0.2) is 22.7 Å². The van der Waals surface area contributed by atoms with Gasteiger partial charge >= 0.3 is 0 Å². The third-order valence-electron chi connectivity index (χ3n) is 1.91. The van der Waals surface area contributed by atoms with Crippen LogP contribution in [0.3, 0.4) is 0 Å². The molecule has 0 saturated heterocycles. The summed E-state index contributed by atoms with van der Waals surface area (Å²) in [6.45, 7) is 0.263. The predicted octanol–water partition coefficient (Wildman–Crippen LogP) is 1.03. The molecular formula is C10H13BrFNO2. The van der Waals surface area contributed by atoms with Crippen LogP contribution < -0.4 is 5.32 Å². The highest BCUT2D eigenvalue weighted by Crippen LogP contribution is 2.15. The number of rotatable bonds is 5. The molecule has 5 heteroatoms. The fraction of sp³-hybridized carbons (Fsp3) is 0.400. The Morgan fingerprint density at radius 2 is 2.20 bits per heavy atom. The molecule has 0 unspecified atom stereocenters. The smallest absolute Gasteiger partial charge is 0.127 e. The van der Waals surface area contributed by atoms with Gasteiger partial charge in [0.25, 0.3) is 0 Å². The van der Waals surface area contributed by atoms with Crippen LogP contribution in [0.2, 0.25) is 0 Å². The summed E-state index contributed by atoms with van der Waals surface area (Å²) in [5.41, 5.74) is 0.523. The lowest BCUT2D eigenvalue weighted by atomic mass is 10.2. The van der Waals surface area contributed by atoms with Gasteiger partial charge < -0.3 is 15.5 Å². The van der Waals surface area contributed by atoms with Crippen molar-refractivity contribution < 1.29 is 14.6 Å². The standard InChI is InChI=1S/C10H13BrFNO2/c11-8-1-2-10(12)7(3-8)4-13-5-9(15)6-14/h1-3,9,13-15H,4-6H2/t9-/m0/s1. The molecular weight excluding hydrogens is 265 g/mol. The number of hydrogen-bond acceptors (Lipinski definition) is 3. The van der Waals surface area contributed by atoms with Crippen LogP contribution in [-0.2, 0) is 6.54 Å². The van der Waals surface area contributed by atoms with Gasteiger partial charge in [0.05, 0.1) is 12.7 Å². The molecule has 0 saturated carbocycles. The number of hydrogen-bond donors (Lipinski definition) is 3. The Bertz CT molecular complexity index is 322. The quantitative estimate of drug-likeness (QED) is 0.754. The van der Waals surface area contributed by atoms with E-state index < -0.39 is 6.10 Å². The Balaban J connectivity index is 2.46. The molecule has 3 nitrogen and oxygen atoms in total. The van der Waals surface area contributed by atoms with Gasteiger partial charge in [-0.2, -0.15) is 0 Å². The van der Waals surface area contributed by atoms with Crippen molar-refractivity contribution in [2.75, 3.05) is 13.2 Å². The number of aliphatic hydroxyl groups is 2. The molecule has 3 N–H and O–H groups in total. The minimum absolute atomic E-state index is 0.239. The van der Waals surface area contributed by atoms with E-state index in [2.05, 4.69) is 21.2 Å². The first-order valence-electron chi connectivity index (χ1n) is 4.57. The van der Waals surface area contributed by atoms with Crippen LogP contribution in [0.1, 0.15) is 5.56 Å². The Morgan fingerprint density at radius 1 is 1.47 bits per heavy atom. The Morgan fingerprint density at radius 3 is 2.87 bits per heavy atom. The van der Waals surface area contributed by atoms with E-state index in [0.29, 0.717) is 12.1 Å². The van der Waals surface area contributed by atoms with Crippen molar-refractivity contribution in [3.8, 4) is 0 Å². The molecule has 0 radical (unpaired) electrons. The van der Waals surface area contributed by atoms with E-state index >= 15 is 0 Å². The Labute approximate surface area is 96.1 Å². The largest absolute Gasteiger partial charge is 0.394 e. The molecule has 0 heterocycles. The van der Waals surface area contributed by atoms with Gasteiger partial charge in [-0.05, 0) is 18.2 Å². The molecule has 0 amide bonds. The SMILES string of the molecule is OC[C@@H](O)CNCc1cc(Br)ccc1F. The second-order valence-electron chi connectivity index (χ2n) is 3.20. The maximum absolute atomic E-state index is 13.2. The van der Waals surface area contributed by atoms with Crippen LogP contribution in [0, 0.1) is 5.82 Å².